The van der Waals surface area contributed by atoms with Crippen molar-refractivity contribution in [2.45, 2.75) is 57.4 Å². The molecule has 2 nitrogen and oxygen atoms in total. The Morgan fingerprint density at radius 2 is 1.62 bits per heavy atom. The Morgan fingerprint density at radius 1 is 0.952 bits per heavy atom. The van der Waals surface area contributed by atoms with Crippen molar-refractivity contribution in [2.24, 2.45) is 11.1 Å². The zero-order valence-electron chi connectivity index (χ0n) is 13.3. The summed E-state index contributed by atoms with van der Waals surface area (Å²) >= 11 is 0. The van der Waals surface area contributed by atoms with Crippen molar-refractivity contribution in [2.75, 3.05) is 19.6 Å². The van der Waals surface area contributed by atoms with E-state index in [2.05, 4.69) is 35.2 Å². The molecule has 1 saturated heterocycles. The minimum atomic E-state index is 0.525. The maximum absolute atomic E-state index is 5.88. The van der Waals surface area contributed by atoms with Crippen LogP contribution < -0.4 is 5.73 Å². The average molecular weight is 286 g/mol. The van der Waals surface area contributed by atoms with Crippen molar-refractivity contribution in [3.05, 3.63) is 35.9 Å². The molecule has 21 heavy (non-hydrogen) atoms. The van der Waals surface area contributed by atoms with E-state index in [1.165, 1.54) is 63.6 Å². The number of benzene rings is 1. The Labute approximate surface area is 129 Å². The molecule has 2 heteroatoms. The summed E-state index contributed by atoms with van der Waals surface area (Å²) in [6, 6.07) is 11.5. The highest BCUT2D eigenvalue weighted by Crippen LogP contribution is 2.45. The van der Waals surface area contributed by atoms with Crippen molar-refractivity contribution < 1.29 is 0 Å². The fraction of sp³-hybridized carbons (Fsp3) is 0.684. The second kappa shape index (κ2) is 6.93. The summed E-state index contributed by atoms with van der Waals surface area (Å²) < 4.78 is 0. The van der Waals surface area contributed by atoms with E-state index in [0.717, 1.165) is 13.0 Å². The largest absolute Gasteiger partial charge is 0.330 e. The van der Waals surface area contributed by atoms with Crippen LogP contribution in [0, 0.1) is 5.41 Å². The van der Waals surface area contributed by atoms with Gasteiger partial charge in [0.25, 0.3) is 0 Å². The third kappa shape index (κ3) is 3.49. The number of likely N-dealkylation sites (tertiary alicyclic amines) is 1. The van der Waals surface area contributed by atoms with Gasteiger partial charge in [0, 0.05) is 6.04 Å². The van der Waals surface area contributed by atoms with Gasteiger partial charge in [-0.2, -0.15) is 0 Å². The quantitative estimate of drug-likeness (QED) is 0.902. The molecule has 0 amide bonds. The number of piperidine rings is 1. The molecule has 1 aromatic rings. The highest BCUT2D eigenvalue weighted by atomic mass is 15.2. The van der Waals surface area contributed by atoms with Crippen LogP contribution in [-0.2, 0) is 0 Å². The smallest absolute Gasteiger partial charge is 0.0360 e. The summed E-state index contributed by atoms with van der Waals surface area (Å²) in [4.78, 5) is 2.70. The van der Waals surface area contributed by atoms with Crippen LogP contribution in [-0.4, -0.2) is 24.5 Å². The van der Waals surface area contributed by atoms with Crippen LogP contribution in [0.4, 0.5) is 0 Å². The van der Waals surface area contributed by atoms with Crippen molar-refractivity contribution in [3.63, 3.8) is 0 Å². The van der Waals surface area contributed by atoms with Crippen LogP contribution in [0.15, 0.2) is 30.3 Å². The minimum Gasteiger partial charge on any atom is -0.330 e. The summed E-state index contributed by atoms with van der Waals surface area (Å²) in [7, 11) is 0. The first-order chi connectivity index (χ1) is 10.3. The van der Waals surface area contributed by atoms with E-state index in [-0.39, 0.29) is 0 Å². The zero-order valence-corrected chi connectivity index (χ0v) is 13.3. The summed E-state index contributed by atoms with van der Waals surface area (Å²) in [5.74, 6) is 0. The van der Waals surface area contributed by atoms with E-state index in [9.17, 15) is 0 Å². The monoisotopic (exact) mass is 286 g/mol. The highest BCUT2D eigenvalue weighted by molar-refractivity contribution is 5.19. The lowest BCUT2D eigenvalue weighted by atomic mass is 9.68. The van der Waals surface area contributed by atoms with E-state index < -0.39 is 0 Å². The van der Waals surface area contributed by atoms with E-state index in [0.29, 0.717) is 11.5 Å². The molecule has 0 bridgehead atoms. The molecule has 3 rings (SSSR count). The van der Waals surface area contributed by atoms with Crippen molar-refractivity contribution in [3.8, 4) is 0 Å². The first kappa shape index (κ1) is 15.1. The maximum Gasteiger partial charge on any atom is 0.0360 e. The van der Waals surface area contributed by atoms with Crippen molar-refractivity contribution >= 4 is 0 Å². The van der Waals surface area contributed by atoms with E-state index in [1.54, 1.807) is 0 Å². The lowest BCUT2D eigenvalue weighted by molar-refractivity contribution is 0.0429. The van der Waals surface area contributed by atoms with E-state index in [4.69, 9.17) is 5.73 Å². The average Bonchev–Trinajstić information content (AvgIpc) is 2.55. The topological polar surface area (TPSA) is 29.3 Å². The Hall–Kier alpha value is -0.860. The fourth-order valence-electron chi connectivity index (χ4n) is 4.50. The van der Waals surface area contributed by atoms with Gasteiger partial charge in [-0.3, -0.25) is 4.90 Å². The first-order valence-corrected chi connectivity index (χ1v) is 8.82. The SMILES string of the molecule is NCCC(c1ccccc1)N1CCC2(CCCCC2)CC1. The van der Waals surface area contributed by atoms with Gasteiger partial charge < -0.3 is 5.73 Å². The lowest BCUT2D eigenvalue weighted by Crippen LogP contribution is -2.43. The third-order valence-corrected chi connectivity index (χ3v) is 5.84. The van der Waals surface area contributed by atoms with Gasteiger partial charge in [0.1, 0.15) is 0 Å². The molecule has 0 radical (unpaired) electrons. The number of nitrogens with two attached hydrogens (primary N) is 1. The number of nitrogens with zero attached hydrogens (tertiary/aromatic N) is 1. The Bertz CT molecular complexity index is 412. The lowest BCUT2D eigenvalue weighted by Gasteiger charge is -2.46. The van der Waals surface area contributed by atoms with Gasteiger partial charge in [-0.1, -0.05) is 49.6 Å². The maximum atomic E-state index is 5.88. The highest BCUT2D eigenvalue weighted by Gasteiger charge is 2.37. The molecule has 1 aromatic carbocycles. The van der Waals surface area contributed by atoms with Crippen LogP contribution in [0.25, 0.3) is 0 Å². The molecular weight excluding hydrogens is 256 g/mol. The predicted octanol–water partition coefficient (Wildman–Crippen LogP) is 4.12. The standard InChI is InChI=1S/C19H30N2/c20-14-9-18(17-7-3-1-4-8-17)21-15-12-19(13-16-21)10-5-2-6-11-19/h1,3-4,7-8,18H,2,5-6,9-16,20H2. The van der Waals surface area contributed by atoms with Gasteiger partial charge in [0.2, 0.25) is 0 Å². The minimum absolute atomic E-state index is 0.525. The molecule has 1 heterocycles. The van der Waals surface area contributed by atoms with Gasteiger partial charge in [-0.15, -0.1) is 0 Å². The Balaban J connectivity index is 1.66. The number of hydrogen-bond donors (Lipinski definition) is 1. The Morgan fingerprint density at radius 3 is 2.24 bits per heavy atom. The zero-order chi connectivity index (χ0) is 14.5. The third-order valence-electron chi connectivity index (χ3n) is 5.84. The van der Waals surface area contributed by atoms with Gasteiger partial charge in [-0.05, 0) is 62.7 Å². The summed E-state index contributed by atoms with van der Waals surface area (Å²) in [6.45, 7) is 3.31. The molecule has 1 saturated carbocycles. The van der Waals surface area contributed by atoms with Crippen LogP contribution >= 0.6 is 0 Å². The van der Waals surface area contributed by atoms with E-state index >= 15 is 0 Å². The van der Waals surface area contributed by atoms with E-state index in [1.807, 2.05) is 0 Å². The molecule has 1 atom stereocenters. The molecule has 1 aliphatic heterocycles. The van der Waals surface area contributed by atoms with Crippen LogP contribution in [0.1, 0.15) is 63.0 Å². The van der Waals surface area contributed by atoms with Gasteiger partial charge in [0.15, 0.2) is 0 Å². The van der Waals surface area contributed by atoms with Crippen molar-refractivity contribution in [1.82, 2.24) is 4.90 Å². The predicted molar refractivity (Wildman–Crippen MR) is 89.2 cm³/mol. The molecule has 2 N–H and O–H groups in total. The van der Waals surface area contributed by atoms with Crippen LogP contribution in [0.2, 0.25) is 0 Å². The van der Waals surface area contributed by atoms with Gasteiger partial charge >= 0.3 is 0 Å². The van der Waals surface area contributed by atoms with Gasteiger partial charge in [0.05, 0.1) is 0 Å². The Kier molecular flexibility index (Phi) is 4.97. The van der Waals surface area contributed by atoms with Gasteiger partial charge in [-0.25, -0.2) is 0 Å². The molecular formula is C19H30N2. The molecule has 1 aliphatic carbocycles. The normalized spacial score (nSPS) is 24.0. The second-order valence-corrected chi connectivity index (χ2v) is 7.10. The molecule has 1 spiro atoms. The molecule has 2 fully saturated rings. The molecule has 116 valence electrons. The second-order valence-electron chi connectivity index (χ2n) is 7.10. The summed E-state index contributed by atoms with van der Waals surface area (Å²) in [5.41, 5.74) is 8.02. The molecule has 2 aliphatic rings. The number of rotatable bonds is 4. The summed E-state index contributed by atoms with van der Waals surface area (Å²) in [6.07, 6.45) is 11.2. The number of hydrogen-bond acceptors (Lipinski definition) is 2. The van der Waals surface area contributed by atoms with Crippen molar-refractivity contribution in [1.29, 1.82) is 0 Å². The van der Waals surface area contributed by atoms with Crippen LogP contribution in [0.5, 0.6) is 0 Å². The fourth-order valence-corrected chi connectivity index (χ4v) is 4.50. The summed E-state index contributed by atoms with van der Waals surface area (Å²) in [5, 5.41) is 0. The first-order valence-electron chi connectivity index (χ1n) is 8.82. The van der Waals surface area contributed by atoms with Crippen LogP contribution in [0.3, 0.4) is 0 Å². The molecule has 1 unspecified atom stereocenters. The molecule has 0 aromatic heterocycles.